The van der Waals surface area contributed by atoms with Crippen LogP contribution in [0, 0.1) is 0 Å². The molecule has 0 saturated carbocycles. The van der Waals surface area contributed by atoms with Gasteiger partial charge in [-0.15, -0.1) is 0 Å². The Morgan fingerprint density at radius 2 is 1.89 bits per heavy atom. The van der Waals surface area contributed by atoms with E-state index in [9.17, 15) is 4.79 Å². The molecule has 142 valence electrons. The van der Waals surface area contributed by atoms with E-state index < -0.39 is 0 Å². The number of amides is 2. The number of hydrogen-bond donors (Lipinski definition) is 2. The molecule has 0 spiro atoms. The zero-order valence-electron chi connectivity index (χ0n) is 15.9. The molecule has 2 amide bonds. The summed E-state index contributed by atoms with van der Waals surface area (Å²) in [6.45, 7) is 4.24. The van der Waals surface area contributed by atoms with E-state index in [1.807, 2.05) is 17.7 Å². The minimum absolute atomic E-state index is 0.161. The van der Waals surface area contributed by atoms with Crippen LogP contribution in [-0.2, 0) is 25.7 Å². The zero-order chi connectivity index (χ0) is 18.8. The van der Waals surface area contributed by atoms with E-state index in [0.717, 1.165) is 37.2 Å². The van der Waals surface area contributed by atoms with Gasteiger partial charge in [0.25, 0.3) is 0 Å². The van der Waals surface area contributed by atoms with Crippen molar-refractivity contribution in [2.75, 3.05) is 5.32 Å². The maximum absolute atomic E-state index is 12.5. The molecule has 4 rings (SSSR count). The number of hydrogen-bond acceptors (Lipinski definition) is 3. The number of nitrogens with one attached hydrogen (secondary N) is 2. The van der Waals surface area contributed by atoms with Gasteiger partial charge in [-0.1, -0.05) is 6.07 Å². The summed E-state index contributed by atoms with van der Waals surface area (Å²) in [5.74, 6) is 0.887. The number of carbonyl (C=O) groups is 1. The highest BCUT2D eigenvalue weighted by atomic mass is 32.2. The van der Waals surface area contributed by atoms with E-state index >= 15 is 0 Å². The molecule has 0 aliphatic heterocycles. The van der Waals surface area contributed by atoms with Gasteiger partial charge in [0.2, 0.25) is 0 Å². The second-order valence-electron chi connectivity index (χ2n) is 7.50. The van der Waals surface area contributed by atoms with Gasteiger partial charge in [0.1, 0.15) is 5.82 Å². The highest BCUT2D eigenvalue weighted by Gasteiger charge is 2.24. The molecule has 0 atom stereocenters. The third-order valence-corrected chi connectivity index (χ3v) is 5.98. The average molecular weight is 383 g/mol. The fourth-order valence-electron chi connectivity index (χ4n) is 4.18. The number of benzene rings is 1. The normalized spacial score (nSPS) is 15.4. The largest absolute Gasteiger partial charge is 0.329 e. The Balaban J connectivity index is 1.39. The van der Waals surface area contributed by atoms with Gasteiger partial charge >= 0.3 is 6.03 Å². The number of fused-ring (bicyclic) bond motifs is 2. The fraction of sp³-hybridized carbons (Fsp3) is 0.429. The standard InChI is InChI=1S/C21H26N4OS/c1-14(2)25-11-10-22-19(25)9-12-27-24-21(26)23-20-17-7-3-5-15(17)13-16-6-4-8-18(16)20/h9-14H,3-8H2,1-2H3,(H2,23,24,26)/b12-9+. The van der Waals surface area contributed by atoms with Gasteiger partial charge in [-0.05, 0) is 98.1 Å². The molecular weight excluding hydrogens is 356 g/mol. The zero-order valence-corrected chi connectivity index (χ0v) is 16.7. The maximum Gasteiger partial charge on any atom is 0.329 e. The van der Waals surface area contributed by atoms with Crippen molar-refractivity contribution in [1.82, 2.24) is 14.3 Å². The summed E-state index contributed by atoms with van der Waals surface area (Å²) in [6, 6.07) is 2.57. The number of urea groups is 1. The molecule has 27 heavy (non-hydrogen) atoms. The Labute approximate surface area is 164 Å². The highest BCUT2D eigenvalue weighted by Crippen LogP contribution is 2.38. The first-order valence-corrected chi connectivity index (χ1v) is 10.6. The number of imidazole rings is 1. The Kier molecular flexibility index (Phi) is 5.25. The van der Waals surface area contributed by atoms with E-state index in [4.69, 9.17) is 0 Å². The topological polar surface area (TPSA) is 59.0 Å². The molecule has 6 heteroatoms. The van der Waals surface area contributed by atoms with Gasteiger partial charge < -0.3 is 9.88 Å². The lowest BCUT2D eigenvalue weighted by atomic mass is 9.99. The number of carbonyl (C=O) groups excluding carboxylic acids is 1. The average Bonchev–Trinajstić information content (AvgIpc) is 3.37. The summed E-state index contributed by atoms with van der Waals surface area (Å²) >= 11 is 1.27. The van der Waals surface area contributed by atoms with Crippen molar-refractivity contribution < 1.29 is 4.79 Å². The lowest BCUT2D eigenvalue weighted by Crippen LogP contribution is -2.23. The van der Waals surface area contributed by atoms with Crippen molar-refractivity contribution >= 4 is 29.7 Å². The van der Waals surface area contributed by atoms with Gasteiger partial charge in [-0.25, -0.2) is 9.78 Å². The minimum Gasteiger partial charge on any atom is -0.329 e. The number of aryl methyl sites for hydroxylation is 2. The summed E-state index contributed by atoms with van der Waals surface area (Å²) in [4.78, 5) is 16.8. The van der Waals surface area contributed by atoms with Gasteiger partial charge in [-0.3, -0.25) is 4.72 Å². The molecule has 0 fully saturated rings. The smallest absolute Gasteiger partial charge is 0.329 e. The summed E-state index contributed by atoms with van der Waals surface area (Å²) in [5, 5.41) is 5.00. The fourth-order valence-corrected chi connectivity index (χ4v) is 4.59. The Morgan fingerprint density at radius 3 is 2.56 bits per heavy atom. The molecule has 0 unspecified atom stereocenters. The van der Waals surface area contributed by atoms with Crippen molar-refractivity contribution in [1.29, 1.82) is 0 Å². The van der Waals surface area contributed by atoms with Crippen molar-refractivity contribution in [3.63, 3.8) is 0 Å². The summed E-state index contributed by atoms with van der Waals surface area (Å²) in [5.41, 5.74) is 6.64. The molecule has 0 saturated heterocycles. The highest BCUT2D eigenvalue weighted by molar-refractivity contribution is 8.00. The van der Waals surface area contributed by atoms with Gasteiger partial charge in [-0.2, -0.15) is 0 Å². The van der Waals surface area contributed by atoms with Crippen LogP contribution in [0.4, 0.5) is 10.5 Å². The van der Waals surface area contributed by atoms with E-state index in [2.05, 4.69) is 39.5 Å². The van der Waals surface area contributed by atoms with Crippen LogP contribution in [0.15, 0.2) is 23.9 Å². The van der Waals surface area contributed by atoms with Crippen LogP contribution >= 0.6 is 11.9 Å². The first-order chi connectivity index (χ1) is 13.1. The lowest BCUT2D eigenvalue weighted by Gasteiger charge is -2.16. The van der Waals surface area contributed by atoms with Gasteiger partial charge in [0.15, 0.2) is 0 Å². The summed E-state index contributed by atoms with van der Waals surface area (Å²) in [7, 11) is 0. The second-order valence-corrected chi connectivity index (χ2v) is 8.21. The van der Waals surface area contributed by atoms with Crippen LogP contribution in [-0.4, -0.2) is 15.6 Å². The molecule has 2 N–H and O–H groups in total. The summed E-state index contributed by atoms with van der Waals surface area (Å²) < 4.78 is 4.96. The van der Waals surface area contributed by atoms with Crippen LogP contribution < -0.4 is 10.0 Å². The lowest BCUT2D eigenvalue weighted by molar-refractivity contribution is 0.257. The number of rotatable bonds is 5. The molecule has 0 radical (unpaired) electrons. The summed E-state index contributed by atoms with van der Waals surface area (Å²) in [6.07, 6.45) is 12.5. The molecule has 1 aromatic carbocycles. The van der Waals surface area contributed by atoms with Crippen molar-refractivity contribution in [2.45, 2.75) is 58.4 Å². The van der Waals surface area contributed by atoms with Gasteiger partial charge in [0.05, 0.1) is 0 Å². The Bertz CT molecular complexity index is 852. The molecule has 1 aromatic heterocycles. The van der Waals surface area contributed by atoms with Crippen molar-refractivity contribution in [3.8, 4) is 0 Å². The van der Waals surface area contributed by atoms with Crippen molar-refractivity contribution in [2.24, 2.45) is 0 Å². The van der Waals surface area contributed by atoms with Crippen molar-refractivity contribution in [3.05, 3.63) is 51.9 Å². The van der Waals surface area contributed by atoms with E-state index in [-0.39, 0.29) is 6.03 Å². The first-order valence-electron chi connectivity index (χ1n) is 9.72. The number of nitrogens with zero attached hydrogens (tertiary/aromatic N) is 2. The maximum atomic E-state index is 12.5. The molecule has 0 bridgehead atoms. The van der Waals surface area contributed by atoms with E-state index in [1.165, 1.54) is 47.0 Å². The molecule has 1 heterocycles. The quantitative estimate of drug-likeness (QED) is 0.725. The third-order valence-electron chi connectivity index (χ3n) is 5.40. The SMILES string of the molecule is CC(C)n1ccnc1/C=C/SNC(=O)Nc1c2c(cc3c1CCC3)CCC2. The van der Waals surface area contributed by atoms with E-state index in [1.54, 1.807) is 6.20 Å². The van der Waals surface area contributed by atoms with E-state index in [0.29, 0.717) is 6.04 Å². The molecular formula is C21H26N4OS. The second kappa shape index (κ2) is 7.80. The van der Waals surface area contributed by atoms with Crippen LogP contribution in [0.2, 0.25) is 0 Å². The predicted molar refractivity (Wildman–Crippen MR) is 112 cm³/mol. The molecule has 5 nitrogen and oxygen atoms in total. The Morgan fingerprint density at radius 1 is 1.19 bits per heavy atom. The predicted octanol–water partition coefficient (Wildman–Crippen LogP) is 4.88. The third kappa shape index (κ3) is 3.76. The van der Waals surface area contributed by atoms with Crippen LogP contribution in [0.3, 0.4) is 0 Å². The number of aromatic nitrogens is 2. The molecule has 2 aliphatic carbocycles. The monoisotopic (exact) mass is 382 g/mol. The van der Waals surface area contributed by atoms with Crippen LogP contribution in [0.5, 0.6) is 0 Å². The number of anilines is 1. The van der Waals surface area contributed by atoms with Crippen LogP contribution in [0.1, 0.15) is 60.8 Å². The van der Waals surface area contributed by atoms with Crippen LogP contribution in [0.25, 0.3) is 6.08 Å². The molecule has 2 aliphatic rings. The Hall–Kier alpha value is -2.21. The molecule has 2 aromatic rings. The minimum atomic E-state index is -0.161. The van der Waals surface area contributed by atoms with Gasteiger partial charge in [0, 0.05) is 24.1 Å². The first kappa shape index (κ1) is 18.2.